The van der Waals surface area contributed by atoms with Gasteiger partial charge in [-0.2, -0.15) is 25.3 Å². The minimum absolute atomic E-state index is 0.00257. The Morgan fingerprint density at radius 1 is 0.644 bits per heavy atom. The molecule has 45 heavy (non-hydrogen) atoms. The van der Waals surface area contributed by atoms with Crippen molar-refractivity contribution in [3.05, 3.63) is 82.9 Å². The predicted molar refractivity (Wildman–Crippen MR) is 158 cm³/mol. The van der Waals surface area contributed by atoms with Crippen LogP contribution in [0.25, 0.3) is 10.8 Å². The number of amides is 2. The minimum Gasteiger partial charge on any atom is -0.478 e. The maximum Gasteiger partial charge on any atom is 0.335 e. The second-order valence-corrected chi connectivity index (χ2v) is 13.7. The predicted octanol–water partition coefficient (Wildman–Crippen LogP) is 2.67. The normalized spacial score (nSPS) is 12.1. The highest BCUT2D eigenvalue weighted by molar-refractivity contribution is 7.87. The number of aryl methyl sites for hydroxylation is 1. The average molecular weight is 680 g/mol. The fourth-order valence-electron chi connectivity index (χ4n) is 4.22. The lowest BCUT2D eigenvalue weighted by molar-refractivity contribution is 0.0696. The van der Waals surface area contributed by atoms with Crippen LogP contribution in [0.2, 0.25) is 0 Å². The molecule has 0 saturated heterocycles. The van der Waals surface area contributed by atoms with Crippen LogP contribution in [-0.2, 0) is 30.4 Å². The van der Waals surface area contributed by atoms with E-state index in [1.165, 1.54) is 24.3 Å². The van der Waals surface area contributed by atoms with Crippen LogP contribution in [0.4, 0.5) is 17.1 Å². The smallest absolute Gasteiger partial charge is 0.335 e. The molecule has 4 rings (SSSR count). The Morgan fingerprint density at radius 3 is 1.73 bits per heavy atom. The number of nitrogen functional groups attached to an aromatic ring is 1. The van der Waals surface area contributed by atoms with Gasteiger partial charge in [0.05, 0.1) is 21.0 Å². The van der Waals surface area contributed by atoms with E-state index in [2.05, 4.69) is 10.6 Å². The molecule has 0 aliphatic carbocycles. The second kappa shape index (κ2) is 11.5. The first-order chi connectivity index (χ1) is 20.6. The zero-order valence-electron chi connectivity index (χ0n) is 22.5. The number of hydrogen-bond donors (Lipinski definition) is 7. The van der Waals surface area contributed by atoms with Gasteiger partial charge in [0.2, 0.25) is 0 Å². The third-order valence-electron chi connectivity index (χ3n) is 6.29. The summed E-state index contributed by atoms with van der Waals surface area (Å²) in [5.41, 5.74) is 5.02. The van der Waals surface area contributed by atoms with E-state index in [0.29, 0.717) is 29.8 Å². The van der Waals surface area contributed by atoms with E-state index in [-0.39, 0.29) is 28.1 Å². The fourth-order valence-corrected chi connectivity index (χ4v) is 6.14. The van der Waals surface area contributed by atoms with Gasteiger partial charge in [0, 0.05) is 27.9 Å². The molecular formula is C26H21N3O13S3. The quantitative estimate of drug-likeness (QED) is 0.104. The summed E-state index contributed by atoms with van der Waals surface area (Å²) >= 11 is 0. The van der Waals surface area contributed by atoms with E-state index in [9.17, 15) is 58.4 Å². The van der Waals surface area contributed by atoms with Crippen molar-refractivity contribution in [2.24, 2.45) is 0 Å². The number of carboxylic acid groups (broad SMARTS) is 1. The summed E-state index contributed by atoms with van der Waals surface area (Å²) < 4.78 is 101. The fraction of sp³-hybridized carbons (Fsp3) is 0.0385. The van der Waals surface area contributed by atoms with Crippen LogP contribution < -0.4 is 16.4 Å². The Bertz CT molecular complexity index is 2280. The van der Waals surface area contributed by atoms with Crippen molar-refractivity contribution >= 4 is 76.0 Å². The molecule has 0 aliphatic heterocycles. The summed E-state index contributed by atoms with van der Waals surface area (Å²) in [6, 6.07) is 9.63. The Labute approximate surface area is 254 Å². The zero-order chi connectivity index (χ0) is 33.6. The molecule has 0 spiro atoms. The van der Waals surface area contributed by atoms with Crippen molar-refractivity contribution in [2.75, 3.05) is 16.4 Å². The molecule has 0 aliphatic rings. The highest BCUT2D eigenvalue weighted by Crippen LogP contribution is 2.36. The first kappa shape index (κ1) is 33.0. The van der Waals surface area contributed by atoms with Gasteiger partial charge in [-0.05, 0) is 72.5 Å². The Morgan fingerprint density at radius 2 is 1.18 bits per heavy atom. The third-order valence-corrected chi connectivity index (χ3v) is 8.83. The Balaban J connectivity index is 1.81. The summed E-state index contributed by atoms with van der Waals surface area (Å²) in [4.78, 5) is 34.4. The molecule has 0 heterocycles. The second-order valence-electron chi connectivity index (χ2n) is 9.50. The van der Waals surface area contributed by atoms with Gasteiger partial charge in [-0.15, -0.1) is 0 Å². The number of rotatable bonds is 8. The van der Waals surface area contributed by atoms with Gasteiger partial charge in [-0.1, -0.05) is 6.07 Å². The maximum absolute atomic E-state index is 13.3. The molecular weight excluding hydrogens is 658 g/mol. The molecule has 0 unspecified atom stereocenters. The molecule has 8 N–H and O–H groups in total. The molecule has 236 valence electrons. The molecule has 0 radical (unpaired) electrons. The van der Waals surface area contributed by atoms with Crippen molar-refractivity contribution in [1.82, 2.24) is 0 Å². The highest BCUT2D eigenvalue weighted by atomic mass is 32.2. The lowest BCUT2D eigenvalue weighted by atomic mass is 10.1. The molecule has 4 aromatic rings. The maximum atomic E-state index is 13.3. The van der Waals surface area contributed by atoms with E-state index in [1.54, 1.807) is 6.92 Å². The van der Waals surface area contributed by atoms with Gasteiger partial charge in [0.1, 0.15) is 4.90 Å². The first-order valence-electron chi connectivity index (χ1n) is 12.1. The molecule has 0 atom stereocenters. The molecule has 0 saturated carbocycles. The number of aromatic carboxylic acids is 1. The SMILES string of the molecule is Cc1ccc(C(=O)Nc2cc(S(=O)(=O)O)cc3cc(S(=O)(=O)O)cc(S(=O)(=O)O)c23)cc1NC(=O)c1cc(N)cc(C(=O)O)c1. The van der Waals surface area contributed by atoms with E-state index in [1.807, 2.05) is 0 Å². The molecule has 2 amide bonds. The molecule has 16 nitrogen and oxygen atoms in total. The van der Waals surface area contributed by atoms with E-state index in [4.69, 9.17) is 5.73 Å². The summed E-state index contributed by atoms with van der Waals surface area (Å²) in [6.07, 6.45) is 0. The van der Waals surface area contributed by atoms with E-state index in [0.717, 1.165) is 12.1 Å². The van der Waals surface area contributed by atoms with Gasteiger partial charge in [0.25, 0.3) is 42.2 Å². The number of carboxylic acids is 1. The number of fused-ring (bicyclic) bond motifs is 1. The molecule has 0 fully saturated rings. The van der Waals surface area contributed by atoms with Gasteiger partial charge in [0.15, 0.2) is 0 Å². The molecule has 19 heteroatoms. The van der Waals surface area contributed by atoms with Crippen LogP contribution in [0, 0.1) is 6.92 Å². The van der Waals surface area contributed by atoms with Gasteiger partial charge >= 0.3 is 5.97 Å². The largest absolute Gasteiger partial charge is 0.478 e. The Kier molecular flexibility index (Phi) is 8.46. The van der Waals surface area contributed by atoms with Crippen LogP contribution in [0.3, 0.4) is 0 Å². The first-order valence-corrected chi connectivity index (χ1v) is 16.4. The zero-order valence-corrected chi connectivity index (χ0v) is 25.0. The standard InChI is InChI=1S/C26H21N3O13S3/c1-12-2-3-13(9-20(12)28-25(31)15-4-16(26(32)33)6-17(27)5-15)24(30)29-21-10-18(43(34,35)36)7-14-8-19(44(37,38)39)11-22(23(14)21)45(40,41)42/h2-11H,27H2,1H3,(H,28,31)(H,29,30)(H,32,33)(H,34,35,36)(H,37,38,39)(H,40,41,42). The van der Waals surface area contributed by atoms with Crippen LogP contribution in [0.15, 0.2) is 75.4 Å². The van der Waals surface area contributed by atoms with Gasteiger partial charge < -0.3 is 21.5 Å². The van der Waals surface area contributed by atoms with Crippen LogP contribution in [0.5, 0.6) is 0 Å². The summed E-state index contributed by atoms with van der Waals surface area (Å²) in [5, 5.41) is 12.9. The number of carbonyl (C=O) groups excluding carboxylic acids is 2. The number of benzene rings is 4. The molecule has 4 aromatic carbocycles. The van der Waals surface area contributed by atoms with Crippen LogP contribution in [0.1, 0.15) is 36.6 Å². The van der Waals surface area contributed by atoms with Crippen molar-refractivity contribution in [3.63, 3.8) is 0 Å². The van der Waals surface area contributed by atoms with Crippen molar-refractivity contribution < 1.29 is 58.4 Å². The third kappa shape index (κ3) is 7.25. The minimum atomic E-state index is -5.28. The van der Waals surface area contributed by atoms with Crippen molar-refractivity contribution in [3.8, 4) is 0 Å². The lowest BCUT2D eigenvalue weighted by Gasteiger charge is -2.15. The summed E-state index contributed by atoms with van der Waals surface area (Å²) in [6.45, 7) is 1.56. The van der Waals surface area contributed by atoms with E-state index >= 15 is 0 Å². The number of anilines is 3. The van der Waals surface area contributed by atoms with Crippen LogP contribution >= 0.6 is 0 Å². The van der Waals surface area contributed by atoms with Crippen molar-refractivity contribution in [2.45, 2.75) is 21.6 Å². The van der Waals surface area contributed by atoms with E-state index < -0.39 is 79.3 Å². The van der Waals surface area contributed by atoms with Crippen LogP contribution in [-0.4, -0.2) is 61.8 Å². The number of hydrogen-bond acceptors (Lipinski definition) is 10. The monoisotopic (exact) mass is 679 g/mol. The molecule has 0 aromatic heterocycles. The topological polar surface area (TPSA) is 285 Å². The number of nitrogens with one attached hydrogen (secondary N) is 2. The Hall–Kier alpha value is -4.92. The highest BCUT2D eigenvalue weighted by Gasteiger charge is 2.26. The summed E-state index contributed by atoms with van der Waals surface area (Å²) in [7, 11) is -15.4. The summed E-state index contributed by atoms with van der Waals surface area (Å²) in [5.74, 6) is -3.15. The molecule has 0 bridgehead atoms. The average Bonchev–Trinajstić information content (AvgIpc) is 2.91. The van der Waals surface area contributed by atoms with Gasteiger partial charge in [-0.3, -0.25) is 23.2 Å². The van der Waals surface area contributed by atoms with Crippen molar-refractivity contribution in [1.29, 1.82) is 0 Å². The number of carbonyl (C=O) groups is 3. The lowest BCUT2D eigenvalue weighted by Crippen LogP contribution is -2.17. The number of nitrogens with two attached hydrogens (primary N) is 1. The van der Waals surface area contributed by atoms with Gasteiger partial charge in [-0.25, -0.2) is 4.79 Å².